The molecule has 33 heavy (non-hydrogen) atoms. The van der Waals surface area contributed by atoms with E-state index in [0.29, 0.717) is 28.2 Å². The van der Waals surface area contributed by atoms with Gasteiger partial charge in [0.25, 0.3) is 5.91 Å². The number of aryl methyl sites for hydroxylation is 3. The summed E-state index contributed by atoms with van der Waals surface area (Å²) in [6, 6.07) is 1.90. The van der Waals surface area contributed by atoms with E-state index in [1.165, 1.54) is 11.3 Å². The van der Waals surface area contributed by atoms with Gasteiger partial charge in [0.2, 0.25) is 0 Å². The van der Waals surface area contributed by atoms with Crippen molar-refractivity contribution in [2.75, 3.05) is 54.9 Å². The van der Waals surface area contributed by atoms with E-state index in [2.05, 4.69) is 40.5 Å². The number of piperazine rings is 1. The lowest BCUT2D eigenvalue weighted by Crippen LogP contribution is -2.47. The first-order chi connectivity index (χ1) is 15.8. The zero-order chi connectivity index (χ0) is 23.5. The largest absolute Gasteiger partial charge is 0.395 e. The lowest BCUT2D eigenvalue weighted by molar-refractivity contribution is 0.103. The highest BCUT2D eigenvalue weighted by Crippen LogP contribution is 2.26. The quantitative estimate of drug-likeness (QED) is 0.472. The third kappa shape index (κ3) is 5.29. The van der Waals surface area contributed by atoms with Gasteiger partial charge in [0.1, 0.15) is 22.3 Å². The minimum atomic E-state index is -0.222. The zero-order valence-electron chi connectivity index (χ0n) is 19.3. The van der Waals surface area contributed by atoms with Crippen LogP contribution in [-0.4, -0.2) is 80.0 Å². The summed E-state index contributed by atoms with van der Waals surface area (Å²) in [7, 11) is 1.85. The van der Waals surface area contributed by atoms with Crippen LogP contribution in [0.2, 0.25) is 0 Å². The van der Waals surface area contributed by atoms with E-state index >= 15 is 0 Å². The van der Waals surface area contributed by atoms with Gasteiger partial charge in [-0.2, -0.15) is 5.10 Å². The number of aliphatic hydroxyl groups excluding tert-OH is 1. The SMILES string of the molecule is Cc1nc(Nc2ncc(C(=O)Nc3c(C)nn(C)c3C)s2)cc(N2CCN(CCO)CC2)n1. The molecule has 0 bridgehead atoms. The third-order valence-electron chi connectivity index (χ3n) is 5.65. The summed E-state index contributed by atoms with van der Waals surface area (Å²) in [4.78, 5) is 31.1. The minimum absolute atomic E-state index is 0.177. The van der Waals surface area contributed by atoms with E-state index in [1.54, 1.807) is 10.9 Å². The van der Waals surface area contributed by atoms with Crippen LogP contribution in [0.25, 0.3) is 0 Å². The molecule has 4 heterocycles. The smallest absolute Gasteiger partial charge is 0.267 e. The maximum Gasteiger partial charge on any atom is 0.267 e. The van der Waals surface area contributed by atoms with E-state index in [4.69, 9.17) is 5.11 Å². The predicted octanol–water partition coefficient (Wildman–Crippen LogP) is 1.70. The minimum Gasteiger partial charge on any atom is -0.395 e. The van der Waals surface area contributed by atoms with E-state index in [9.17, 15) is 4.79 Å². The van der Waals surface area contributed by atoms with Crippen molar-refractivity contribution in [2.45, 2.75) is 20.8 Å². The first-order valence-electron chi connectivity index (χ1n) is 10.8. The lowest BCUT2D eigenvalue weighted by atomic mass is 10.3. The molecule has 3 aromatic rings. The lowest BCUT2D eigenvalue weighted by Gasteiger charge is -2.35. The molecular weight excluding hydrogens is 442 g/mol. The standard InChI is InChI=1S/C21H29N9O2S/c1-13-19(14(2)28(4)27-13)26-20(32)16-12-22-21(33-16)25-17-11-18(24-15(3)23-17)30-7-5-29(6-8-30)9-10-31/h11-12,31H,5-10H2,1-4H3,(H,26,32)(H,22,23,24,25). The number of aliphatic hydroxyl groups is 1. The fourth-order valence-corrected chi connectivity index (χ4v) is 4.51. The summed E-state index contributed by atoms with van der Waals surface area (Å²) < 4.78 is 1.74. The Morgan fingerprint density at radius 1 is 1.18 bits per heavy atom. The average Bonchev–Trinajstić information content (AvgIpc) is 3.34. The van der Waals surface area contributed by atoms with Crippen molar-refractivity contribution in [1.29, 1.82) is 0 Å². The Balaban J connectivity index is 1.43. The van der Waals surface area contributed by atoms with Gasteiger partial charge in [-0.1, -0.05) is 11.3 Å². The molecule has 0 atom stereocenters. The van der Waals surface area contributed by atoms with Gasteiger partial charge in [-0.05, 0) is 20.8 Å². The molecular formula is C21H29N9O2S. The second kappa shape index (κ2) is 9.81. The normalized spacial score (nSPS) is 14.5. The number of amides is 1. The van der Waals surface area contributed by atoms with Gasteiger partial charge in [-0.25, -0.2) is 15.0 Å². The molecule has 11 nitrogen and oxygen atoms in total. The monoisotopic (exact) mass is 471 g/mol. The molecule has 1 aliphatic heterocycles. The summed E-state index contributed by atoms with van der Waals surface area (Å²) in [6.45, 7) is 9.95. The van der Waals surface area contributed by atoms with Crippen molar-refractivity contribution in [1.82, 2.24) is 29.6 Å². The van der Waals surface area contributed by atoms with Crippen LogP contribution in [0, 0.1) is 20.8 Å². The first kappa shape index (κ1) is 23.1. The highest BCUT2D eigenvalue weighted by molar-refractivity contribution is 7.17. The Morgan fingerprint density at radius 2 is 1.94 bits per heavy atom. The number of nitrogens with one attached hydrogen (secondary N) is 2. The molecule has 1 fully saturated rings. The van der Waals surface area contributed by atoms with Crippen molar-refractivity contribution < 1.29 is 9.90 Å². The second-order valence-corrected chi connectivity index (χ2v) is 9.02. The van der Waals surface area contributed by atoms with E-state index in [-0.39, 0.29) is 12.5 Å². The molecule has 0 unspecified atom stereocenters. The van der Waals surface area contributed by atoms with Crippen LogP contribution < -0.4 is 15.5 Å². The van der Waals surface area contributed by atoms with Gasteiger partial charge in [0.15, 0.2) is 5.13 Å². The van der Waals surface area contributed by atoms with E-state index in [1.807, 2.05) is 33.9 Å². The van der Waals surface area contributed by atoms with Gasteiger partial charge in [0, 0.05) is 45.8 Å². The molecule has 0 saturated carbocycles. The Bertz CT molecular complexity index is 1130. The summed E-state index contributed by atoms with van der Waals surface area (Å²) in [6.07, 6.45) is 1.55. The molecule has 0 radical (unpaired) electrons. The summed E-state index contributed by atoms with van der Waals surface area (Å²) in [5.74, 6) is 1.92. The molecule has 0 aliphatic carbocycles. The third-order valence-corrected chi connectivity index (χ3v) is 6.56. The number of β-amino-alcohol motifs (C(OH)–C–C–N with tert-alkyl or cyclic N) is 1. The van der Waals surface area contributed by atoms with Crippen LogP contribution in [0.3, 0.4) is 0 Å². The fourth-order valence-electron chi connectivity index (χ4n) is 3.80. The first-order valence-corrected chi connectivity index (χ1v) is 11.6. The van der Waals surface area contributed by atoms with Gasteiger partial charge < -0.3 is 20.6 Å². The van der Waals surface area contributed by atoms with Crippen molar-refractivity contribution in [3.05, 3.63) is 34.4 Å². The summed E-state index contributed by atoms with van der Waals surface area (Å²) >= 11 is 1.26. The molecule has 0 spiro atoms. The number of carbonyl (C=O) groups excluding carboxylic acids is 1. The fraction of sp³-hybridized carbons (Fsp3) is 0.476. The molecule has 1 amide bonds. The highest BCUT2D eigenvalue weighted by atomic mass is 32.1. The molecule has 176 valence electrons. The molecule has 1 aliphatic rings. The Labute approximate surface area is 196 Å². The Hall–Kier alpha value is -3.09. The van der Waals surface area contributed by atoms with Gasteiger partial charge >= 0.3 is 0 Å². The second-order valence-electron chi connectivity index (χ2n) is 7.99. The molecule has 3 N–H and O–H groups in total. The molecule has 1 saturated heterocycles. The van der Waals surface area contributed by atoms with Gasteiger partial charge in [-0.15, -0.1) is 0 Å². The van der Waals surface area contributed by atoms with Crippen molar-refractivity contribution in [2.24, 2.45) is 7.05 Å². The zero-order valence-corrected chi connectivity index (χ0v) is 20.1. The van der Waals surface area contributed by atoms with Crippen molar-refractivity contribution >= 4 is 39.7 Å². The summed E-state index contributed by atoms with van der Waals surface area (Å²) in [5, 5.41) is 20.2. The molecule has 0 aromatic carbocycles. The van der Waals surface area contributed by atoms with Crippen molar-refractivity contribution in [3.63, 3.8) is 0 Å². The van der Waals surface area contributed by atoms with Gasteiger partial charge in [-0.3, -0.25) is 14.4 Å². The number of carbonyl (C=O) groups is 1. The van der Waals surface area contributed by atoms with Crippen LogP contribution in [0.4, 0.5) is 22.5 Å². The van der Waals surface area contributed by atoms with Gasteiger partial charge in [0.05, 0.1) is 29.9 Å². The topological polar surface area (TPSA) is 124 Å². The summed E-state index contributed by atoms with van der Waals surface area (Å²) in [5.41, 5.74) is 2.39. The Morgan fingerprint density at radius 3 is 2.61 bits per heavy atom. The predicted molar refractivity (Wildman–Crippen MR) is 129 cm³/mol. The number of hydrogen-bond donors (Lipinski definition) is 3. The highest BCUT2D eigenvalue weighted by Gasteiger charge is 2.20. The maximum atomic E-state index is 12.7. The van der Waals surface area contributed by atoms with Crippen LogP contribution in [0.15, 0.2) is 12.3 Å². The Kier molecular flexibility index (Phi) is 6.86. The number of thiazole rings is 1. The average molecular weight is 472 g/mol. The van der Waals surface area contributed by atoms with E-state index in [0.717, 1.165) is 49.1 Å². The maximum absolute atomic E-state index is 12.7. The number of aromatic nitrogens is 5. The molecule has 3 aromatic heterocycles. The molecule has 12 heteroatoms. The van der Waals surface area contributed by atoms with Crippen molar-refractivity contribution in [3.8, 4) is 0 Å². The van der Waals surface area contributed by atoms with Crippen LogP contribution in [0.1, 0.15) is 26.9 Å². The molecule has 4 rings (SSSR count). The van der Waals surface area contributed by atoms with Crippen LogP contribution in [-0.2, 0) is 7.05 Å². The van der Waals surface area contributed by atoms with Crippen LogP contribution in [0.5, 0.6) is 0 Å². The van der Waals surface area contributed by atoms with Crippen LogP contribution >= 0.6 is 11.3 Å². The number of nitrogens with zero attached hydrogens (tertiary/aromatic N) is 7. The van der Waals surface area contributed by atoms with E-state index < -0.39 is 0 Å². The number of hydrogen-bond acceptors (Lipinski definition) is 10. The number of anilines is 4. The number of rotatable bonds is 7.